The van der Waals surface area contributed by atoms with Crippen molar-refractivity contribution < 1.29 is 18.0 Å². The molecular weight excluding hydrogens is 316 g/mol. The highest BCUT2D eigenvalue weighted by Crippen LogP contribution is 2.39. The summed E-state index contributed by atoms with van der Waals surface area (Å²) in [6, 6.07) is 0.179. The van der Waals surface area contributed by atoms with Gasteiger partial charge in [0.25, 0.3) is 0 Å². The zero-order chi connectivity index (χ0) is 16.8. The minimum Gasteiger partial charge on any atom is -0.343 e. The van der Waals surface area contributed by atoms with Gasteiger partial charge >= 0.3 is 0 Å². The molecule has 0 N–H and O–H groups in total. The van der Waals surface area contributed by atoms with Gasteiger partial charge in [0.1, 0.15) is 9.84 Å². The molecule has 3 fully saturated rings. The highest BCUT2D eigenvalue weighted by atomic mass is 32.2. The Morgan fingerprint density at radius 3 is 1.91 bits per heavy atom. The van der Waals surface area contributed by atoms with Crippen molar-refractivity contribution in [3.05, 3.63) is 0 Å². The van der Waals surface area contributed by atoms with Crippen LogP contribution >= 0.6 is 0 Å². The average Bonchev–Trinajstić information content (AvgIpc) is 2.75. The molecule has 7 heteroatoms. The van der Waals surface area contributed by atoms with Gasteiger partial charge in [0.05, 0.1) is 5.25 Å². The maximum Gasteiger partial charge on any atom is 0.226 e. The van der Waals surface area contributed by atoms with Gasteiger partial charge in [-0.25, -0.2) is 8.42 Å². The lowest BCUT2D eigenvalue weighted by atomic mass is 9.92. The van der Waals surface area contributed by atoms with Crippen molar-refractivity contribution >= 4 is 21.7 Å². The van der Waals surface area contributed by atoms with Gasteiger partial charge in [-0.3, -0.25) is 9.59 Å². The zero-order valence-electron chi connectivity index (χ0n) is 13.9. The number of hydrogen-bond donors (Lipinski definition) is 0. The van der Waals surface area contributed by atoms with Crippen LogP contribution < -0.4 is 0 Å². The molecule has 3 aliphatic heterocycles. The first-order valence-corrected chi connectivity index (χ1v) is 10.5. The van der Waals surface area contributed by atoms with Crippen LogP contribution in [0.25, 0.3) is 0 Å². The number of piperidine rings is 2. The van der Waals surface area contributed by atoms with Gasteiger partial charge in [-0.1, -0.05) is 0 Å². The minimum atomic E-state index is -3.02. The van der Waals surface area contributed by atoms with E-state index in [2.05, 4.69) is 0 Å². The van der Waals surface area contributed by atoms with Crippen molar-refractivity contribution in [1.29, 1.82) is 0 Å². The molecule has 0 aromatic heterocycles. The van der Waals surface area contributed by atoms with Crippen molar-refractivity contribution in [2.45, 2.75) is 62.8 Å². The number of carbonyl (C=O) groups excluding carboxylic acids is 2. The summed E-state index contributed by atoms with van der Waals surface area (Å²) >= 11 is 0. The standard InChI is InChI=1S/C16H26N2O4S/c1-11(19)17-7-5-12(6-8-17)16(20)18-13-3-4-14(18)10-15(9-13)23(2,21)22/h12-15H,3-10H2,1-2H3. The Labute approximate surface area is 138 Å². The van der Waals surface area contributed by atoms with Crippen molar-refractivity contribution in [1.82, 2.24) is 9.80 Å². The zero-order valence-corrected chi connectivity index (χ0v) is 14.7. The number of likely N-dealkylation sites (tertiary alicyclic amines) is 1. The normalized spacial score (nSPS) is 32.2. The van der Waals surface area contributed by atoms with E-state index < -0.39 is 9.84 Å². The van der Waals surface area contributed by atoms with E-state index in [4.69, 9.17) is 0 Å². The van der Waals surface area contributed by atoms with Crippen molar-refractivity contribution in [2.75, 3.05) is 19.3 Å². The molecule has 0 radical (unpaired) electrons. The van der Waals surface area contributed by atoms with Gasteiger partial charge in [0.2, 0.25) is 11.8 Å². The van der Waals surface area contributed by atoms with Crippen LogP contribution in [0, 0.1) is 5.92 Å². The summed E-state index contributed by atoms with van der Waals surface area (Å²) in [4.78, 5) is 28.1. The topological polar surface area (TPSA) is 74.8 Å². The second-order valence-electron chi connectivity index (χ2n) is 7.33. The molecule has 3 aliphatic rings. The van der Waals surface area contributed by atoms with Gasteiger partial charge in [-0.15, -0.1) is 0 Å². The van der Waals surface area contributed by atoms with E-state index in [9.17, 15) is 18.0 Å². The van der Waals surface area contributed by atoms with Crippen molar-refractivity contribution in [2.24, 2.45) is 5.92 Å². The van der Waals surface area contributed by atoms with Crippen LogP contribution in [-0.2, 0) is 19.4 Å². The molecule has 0 aromatic rings. The molecule has 2 amide bonds. The molecule has 2 unspecified atom stereocenters. The summed E-state index contributed by atoms with van der Waals surface area (Å²) in [5.41, 5.74) is 0. The Bertz CT molecular complexity index is 581. The number of nitrogens with zero attached hydrogens (tertiary/aromatic N) is 2. The Kier molecular flexibility index (Phi) is 4.42. The highest BCUT2D eigenvalue weighted by Gasteiger charge is 2.47. The maximum atomic E-state index is 12.9. The van der Waals surface area contributed by atoms with Crippen molar-refractivity contribution in [3.63, 3.8) is 0 Å². The van der Waals surface area contributed by atoms with Crippen LogP contribution in [-0.4, -0.2) is 66.7 Å². The summed E-state index contributed by atoms with van der Waals surface area (Å²) < 4.78 is 23.7. The van der Waals surface area contributed by atoms with E-state index in [-0.39, 0.29) is 35.1 Å². The number of amides is 2. The molecule has 0 spiro atoms. The van der Waals surface area contributed by atoms with E-state index in [1.807, 2.05) is 4.90 Å². The van der Waals surface area contributed by atoms with Gasteiger partial charge < -0.3 is 9.80 Å². The number of carbonyl (C=O) groups is 2. The third-order valence-corrected chi connectivity index (χ3v) is 7.44. The van der Waals surface area contributed by atoms with E-state index >= 15 is 0 Å². The number of rotatable bonds is 2. The predicted molar refractivity (Wildman–Crippen MR) is 86.5 cm³/mol. The third kappa shape index (κ3) is 3.25. The lowest BCUT2D eigenvalue weighted by molar-refractivity contribution is -0.143. The fraction of sp³-hybridized carbons (Fsp3) is 0.875. The molecule has 3 rings (SSSR count). The van der Waals surface area contributed by atoms with E-state index in [1.54, 1.807) is 11.8 Å². The maximum absolute atomic E-state index is 12.9. The Hall–Kier alpha value is -1.11. The molecular formula is C16H26N2O4S. The lowest BCUT2D eigenvalue weighted by Crippen LogP contribution is -2.53. The summed E-state index contributed by atoms with van der Waals surface area (Å²) in [7, 11) is -3.02. The Morgan fingerprint density at radius 2 is 1.48 bits per heavy atom. The molecule has 23 heavy (non-hydrogen) atoms. The average molecular weight is 342 g/mol. The van der Waals surface area contributed by atoms with Crippen molar-refractivity contribution in [3.8, 4) is 0 Å². The first-order valence-electron chi connectivity index (χ1n) is 8.54. The molecule has 6 nitrogen and oxygen atoms in total. The predicted octanol–water partition coefficient (Wildman–Crippen LogP) is 0.812. The monoisotopic (exact) mass is 342 g/mol. The molecule has 0 aliphatic carbocycles. The van der Waals surface area contributed by atoms with E-state index in [0.717, 1.165) is 25.7 Å². The highest BCUT2D eigenvalue weighted by molar-refractivity contribution is 7.91. The number of sulfone groups is 1. The fourth-order valence-corrected chi connectivity index (χ4v) is 5.63. The minimum absolute atomic E-state index is 0.0107. The molecule has 130 valence electrons. The Balaban J connectivity index is 1.65. The van der Waals surface area contributed by atoms with Gasteiger partial charge in [-0.05, 0) is 38.5 Å². The summed E-state index contributed by atoms with van der Waals surface area (Å²) in [5.74, 6) is 0.251. The van der Waals surface area contributed by atoms with E-state index in [1.165, 1.54) is 6.26 Å². The molecule has 2 bridgehead atoms. The molecule has 3 heterocycles. The molecule has 0 aromatic carbocycles. The lowest BCUT2D eigenvalue weighted by Gasteiger charge is -2.41. The molecule has 3 saturated heterocycles. The second kappa shape index (κ2) is 6.07. The van der Waals surface area contributed by atoms with Gasteiger partial charge in [0.15, 0.2) is 0 Å². The molecule has 2 atom stereocenters. The summed E-state index contributed by atoms with van der Waals surface area (Å²) in [6.45, 7) is 2.88. The van der Waals surface area contributed by atoms with E-state index in [0.29, 0.717) is 25.9 Å². The van der Waals surface area contributed by atoms with Crippen LogP contribution in [0.3, 0.4) is 0 Å². The van der Waals surface area contributed by atoms with Crippen LogP contribution in [0.4, 0.5) is 0 Å². The van der Waals surface area contributed by atoms with Gasteiger partial charge in [-0.2, -0.15) is 0 Å². The quantitative estimate of drug-likeness (QED) is 0.744. The fourth-order valence-electron chi connectivity index (χ4n) is 4.49. The molecule has 0 saturated carbocycles. The SMILES string of the molecule is CC(=O)N1CCC(C(=O)N2C3CCC2CC(S(C)(=O)=O)C3)CC1. The van der Waals surface area contributed by atoms with Gasteiger partial charge in [0, 0.05) is 44.3 Å². The van der Waals surface area contributed by atoms with Crippen LogP contribution in [0.1, 0.15) is 45.4 Å². The second-order valence-corrected chi connectivity index (χ2v) is 9.66. The Morgan fingerprint density at radius 1 is 0.957 bits per heavy atom. The van der Waals surface area contributed by atoms with Crippen LogP contribution in [0.15, 0.2) is 0 Å². The first-order chi connectivity index (χ1) is 10.8. The first kappa shape index (κ1) is 16.7. The van der Waals surface area contributed by atoms with Crippen LogP contribution in [0.5, 0.6) is 0 Å². The number of hydrogen-bond acceptors (Lipinski definition) is 4. The summed E-state index contributed by atoms with van der Waals surface area (Å²) in [5, 5.41) is -0.288. The van der Waals surface area contributed by atoms with Crippen LogP contribution in [0.2, 0.25) is 0 Å². The third-order valence-electron chi connectivity index (χ3n) is 5.84. The number of fused-ring (bicyclic) bond motifs is 2. The largest absolute Gasteiger partial charge is 0.343 e. The summed E-state index contributed by atoms with van der Waals surface area (Å²) in [6.07, 6.45) is 5.80. The smallest absolute Gasteiger partial charge is 0.226 e.